The van der Waals surface area contributed by atoms with Crippen molar-refractivity contribution in [3.63, 3.8) is 0 Å². The van der Waals surface area contributed by atoms with Gasteiger partial charge in [0.05, 0.1) is 0 Å². The summed E-state index contributed by atoms with van der Waals surface area (Å²) in [6.07, 6.45) is 3.29. The largest absolute Gasteiger partial charge is 0.361 e. The molecule has 0 bridgehead atoms. The number of halogens is 1. The van der Waals surface area contributed by atoms with Crippen LogP contribution in [0.1, 0.15) is 19.9 Å². The van der Waals surface area contributed by atoms with Gasteiger partial charge in [-0.15, -0.1) is 0 Å². The highest BCUT2D eigenvalue weighted by molar-refractivity contribution is 9.11. The highest BCUT2D eigenvalue weighted by atomic mass is 79.9. The fourth-order valence-electron chi connectivity index (χ4n) is 1.13. The normalized spacial score (nSPS) is 10.4. The zero-order valence-corrected chi connectivity index (χ0v) is 10.4. The molecular formula is C10H14BrN3O. The molecule has 0 saturated heterocycles. The van der Waals surface area contributed by atoms with Crippen molar-refractivity contribution in [1.82, 2.24) is 9.55 Å². The predicted molar refractivity (Wildman–Crippen MR) is 65.4 cm³/mol. The third-order valence-corrected chi connectivity index (χ3v) is 2.15. The first-order chi connectivity index (χ1) is 7.02. The average Bonchev–Trinajstić information content (AvgIpc) is 2.15. The van der Waals surface area contributed by atoms with Crippen LogP contribution in [0.2, 0.25) is 0 Å². The van der Waals surface area contributed by atoms with Crippen molar-refractivity contribution in [3.8, 4) is 0 Å². The number of hydrogen-bond acceptors (Lipinski definition) is 3. The monoisotopic (exact) mass is 271 g/mol. The van der Waals surface area contributed by atoms with Gasteiger partial charge in [-0.25, -0.2) is 4.98 Å². The van der Waals surface area contributed by atoms with Crippen LogP contribution >= 0.6 is 15.9 Å². The van der Waals surface area contributed by atoms with Crippen molar-refractivity contribution in [3.05, 3.63) is 33.8 Å². The average molecular weight is 272 g/mol. The second-order valence-corrected chi connectivity index (χ2v) is 4.57. The number of rotatable bonds is 4. The van der Waals surface area contributed by atoms with Crippen molar-refractivity contribution < 1.29 is 0 Å². The first-order valence-corrected chi connectivity index (χ1v) is 5.46. The minimum atomic E-state index is -0.110. The molecule has 1 aromatic rings. The van der Waals surface area contributed by atoms with E-state index in [1.807, 2.05) is 13.8 Å². The van der Waals surface area contributed by atoms with Gasteiger partial charge in [0.2, 0.25) is 0 Å². The third-order valence-electron chi connectivity index (χ3n) is 1.87. The minimum Gasteiger partial charge on any atom is -0.361 e. The Morgan fingerprint density at radius 3 is 2.93 bits per heavy atom. The smallest absolute Gasteiger partial charge is 0.293 e. The summed E-state index contributed by atoms with van der Waals surface area (Å²) in [6.45, 7) is 8.07. The van der Waals surface area contributed by atoms with E-state index in [4.69, 9.17) is 0 Å². The van der Waals surface area contributed by atoms with Gasteiger partial charge in [0.25, 0.3) is 5.56 Å². The van der Waals surface area contributed by atoms with Crippen LogP contribution in [0.5, 0.6) is 0 Å². The molecule has 0 saturated carbocycles. The summed E-state index contributed by atoms with van der Waals surface area (Å²) in [5, 5.41) is 2.92. The topological polar surface area (TPSA) is 46.9 Å². The Hall–Kier alpha value is -1.10. The van der Waals surface area contributed by atoms with E-state index in [9.17, 15) is 4.79 Å². The van der Waals surface area contributed by atoms with Crippen LogP contribution in [0, 0.1) is 0 Å². The molecule has 0 spiro atoms. The van der Waals surface area contributed by atoms with Gasteiger partial charge in [0, 0.05) is 29.5 Å². The molecule has 0 aliphatic heterocycles. The number of nitrogens with one attached hydrogen (secondary N) is 1. The number of hydrogen-bond donors (Lipinski definition) is 1. The molecule has 0 unspecified atom stereocenters. The van der Waals surface area contributed by atoms with Crippen molar-refractivity contribution in [2.45, 2.75) is 19.9 Å². The first-order valence-electron chi connectivity index (χ1n) is 4.66. The highest BCUT2D eigenvalue weighted by Gasteiger charge is 2.06. The van der Waals surface area contributed by atoms with Crippen LogP contribution in [-0.2, 0) is 0 Å². The Balaban J connectivity index is 2.95. The lowest BCUT2D eigenvalue weighted by Crippen LogP contribution is -2.25. The summed E-state index contributed by atoms with van der Waals surface area (Å²) in [4.78, 5) is 15.8. The molecule has 4 nitrogen and oxygen atoms in total. The molecule has 0 atom stereocenters. The third kappa shape index (κ3) is 3.20. The molecule has 1 heterocycles. The van der Waals surface area contributed by atoms with Crippen LogP contribution in [0.15, 0.2) is 28.2 Å². The van der Waals surface area contributed by atoms with Crippen molar-refractivity contribution in [2.24, 2.45) is 0 Å². The maximum absolute atomic E-state index is 11.8. The highest BCUT2D eigenvalue weighted by Crippen LogP contribution is 2.04. The number of nitrogens with zero attached hydrogens (tertiary/aromatic N) is 2. The summed E-state index contributed by atoms with van der Waals surface area (Å²) < 4.78 is 2.41. The molecule has 82 valence electrons. The van der Waals surface area contributed by atoms with E-state index in [2.05, 4.69) is 32.8 Å². The van der Waals surface area contributed by atoms with E-state index < -0.39 is 0 Å². The van der Waals surface area contributed by atoms with Gasteiger partial charge in [0.15, 0.2) is 5.82 Å². The SMILES string of the molecule is C=C(Br)CNc1nccn(C(C)C)c1=O. The van der Waals surface area contributed by atoms with E-state index >= 15 is 0 Å². The molecule has 0 aromatic carbocycles. The van der Waals surface area contributed by atoms with Gasteiger partial charge in [-0.1, -0.05) is 22.5 Å². The summed E-state index contributed by atoms with van der Waals surface area (Å²) >= 11 is 3.21. The molecule has 1 rings (SSSR count). The van der Waals surface area contributed by atoms with E-state index in [1.165, 1.54) is 0 Å². The molecule has 0 fully saturated rings. The van der Waals surface area contributed by atoms with Gasteiger partial charge in [-0.2, -0.15) is 0 Å². The van der Waals surface area contributed by atoms with E-state index in [0.29, 0.717) is 12.4 Å². The van der Waals surface area contributed by atoms with Gasteiger partial charge in [-0.3, -0.25) is 4.79 Å². The van der Waals surface area contributed by atoms with Crippen molar-refractivity contribution >= 4 is 21.7 Å². The van der Waals surface area contributed by atoms with Gasteiger partial charge >= 0.3 is 0 Å². The maximum Gasteiger partial charge on any atom is 0.293 e. The van der Waals surface area contributed by atoms with E-state index in [0.717, 1.165) is 4.48 Å². The molecule has 15 heavy (non-hydrogen) atoms. The van der Waals surface area contributed by atoms with Crippen LogP contribution < -0.4 is 10.9 Å². The Labute approximate surface area is 97.2 Å². The van der Waals surface area contributed by atoms with Crippen LogP contribution in [0.4, 0.5) is 5.82 Å². The lowest BCUT2D eigenvalue weighted by molar-refractivity contribution is 0.575. The molecular weight excluding hydrogens is 258 g/mol. The van der Waals surface area contributed by atoms with Crippen LogP contribution in [0.25, 0.3) is 0 Å². The van der Waals surface area contributed by atoms with Crippen molar-refractivity contribution in [1.29, 1.82) is 0 Å². The van der Waals surface area contributed by atoms with E-state index in [1.54, 1.807) is 17.0 Å². The van der Waals surface area contributed by atoms with Crippen LogP contribution in [-0.4, -0.2) is 16.1 Å². The second kappa shape index (κ2) is 5.11. The molecule has 5 heteroatoms. The molecule has 0 radical (unpaired) electrons. The molecule has 0 aliphatic rings. The molecule has 1 aromatic heterocycles. The summed E-state index contributed by atoms with van der Waals surface area (Å²) in [7, 11) is 0. The van der Waals surface area contributed by atoms with Crippen molar-refractivity contribution in [2.75, 3.05) is 11.9 Å². The number of aromatic nitrogens is 2. The number of anilines is 1. The Morgan fingerprint density at radius 2 is 2.40 bits per heavy atom. The summed E-state index contributed by atoms with van der Waals surface area (Å²) in [5.74, 6) is 0.354. The standard InChI is InChI=1S/C10H14BrN3O/c1-7(2)14-5-4-12-9(10(14)15)13-6-8(3)11/h4-5,7H,3,6H2,1-2H3,(H,12,13). The quantitative estimate of drug-likeness (QED) is 0.913. The van der Waals surface area contributed by atoms with Gasteiger partial charge in [0.1, 0.15) is 0 Å². The maximum atomic E-state index is 11.8. The van der Waals surface area contributed by atoms with Gasteiger partial charge in [-0.05, 0) is 13.8 Å². The lowest BCUT2D eigenvalue weighted by atomic mass is 10.4. The van der Waals surface area contributed by atoms with Gasteiger partial charge < -0.3 is 9.88 Å². The molecule has 1 N–H and O–H groups in total. The van der Waals surface area contributed by atoms with E-state index in [-0.39, 0.29) is 11.6 Å². The zero-order valence-electron chi connectivity index (χ0n) is 8.83. The minimum absolute atomic E-state index is 0.110. The fourth-order valence-corrected chi connectivity index (χ4v) is 1.27. The molecule has 0 aliphatic carbocycles. The first kappa shape index (κ1) is 12.0. The Morgan fingerprint density at radius 1 is 1.73 bits per heavy atom. The Kier molecular flexibility index (Phi) is 4.08. The zero-order chi connectivity index (χ0) is 11.4. The lowest BCUT2D eigenvalue weighted by Gasteiger charge is -2.11. The predicted octanol–water partition coefficient (Wildman–Crippen LogP) is 2.14. The summed E-state index contributed by atoms with van der Waals surface area (Å²) in [5.41, 5.74) is -0.110. The molecule has 0 amide bonds. The second-order valence-electron chi connectivity index (χ2n) is 3.45. The van der Waals surface area contributed by atoms with Crippen LogP contribution in [0.3, 0.4) is 0 Å². The Bertz CT molecular complexity index is 411. The fraction of sp³-hybridized carbons (Fsp3) is 0.400. The summed E-state index contributed by atoms with van der Waals surface area (Å²) in [6, 6.07) is 0.133.